The molecule has 0 fully saturated rings. The highest BCUT2D eigenvalue weighted by Crippen LogP contribution is 2.04. The van der Waals surface area contributed by atoms with Crippen LogP contribution in [0.1, 0.15) is 43.0 Å². The molecular weight excluding hydrogens is 236 g/mol. The molecule has 100 valence electrons. The summed E-state index contributed by atoms with van der Waals surface area (Å²) in [5.74, 6) is -0.255. The highest BCUT2D eigenvalue weighted by Gasteiger charge is 2.08. The summed E-state index contributed by atoms with van der Waals surface area (Å²) < 4.78 is 0. The van der Waals surface area contributed by atoms with Crippen molar-refractivity contribution in [1.29, 1.82) is 0 Å². The van der Waals surface area contributed by atoms with Crippen LogP contribution < -0.4 is 0 Å². The van der Waals surface area contributed by atoms with Crippen molar-refractivity contribution in [3.05, 3.63) is 60.2 Å². The van der Waals surface area contributed by atoms with Gasteiger partial charge in [0, 0.05) is 5.56 Å². The zero-order chi connectivity index (χ0) is 13.9. The number of hydrogen-bond acceptors (Lipinski definition) is 2. The number of carbonyl (C=O) groups is 2. The topological polar surface area (TPSA) is 34.1 Å². The van der Waals surface area contributed by atoms with Crippen molar-refractivity contribution in [2.45, 2.75) is 32.6 Å². The van der Waals surface area contributed by atoms with Crippen LogP contribution in [0.25, 0.3) is 0 Å². The number of allylic oxidation sites excluding steroid dienone is 4. The van der Waals surface area contributed by atoms with Gasteiger partial charge in [0.15, 0.2) is 11.6 Å². The summed E-state index contributed by atoms with van der Waals surface area (Å²) in [5.41, 5.74) is 0.593. The van der Waals surface area contributed by atoms with Crippen LogP contribution in [0.3, 0.4) is 0 Å². The van der Waals surface area contributed by atoms with E-state index < -0.39 is 0 Å². The minimum Gasteiger partial charge on any atom is -0.294 e. The van der Waals surface area contributed by atoms with Gasteiger partial charge in [0.25, 0.3) is 0 Å². The van der Waals surface area contributed by atoms with E-state index in [0.717, 1.165) is 19.3 Å². The minimum atomic E-state index is -0.131. The van der Waals surface area contributed by atoms with Crippen LogP contribution in [0.15, 0.2) is 54.6 Å². The monoisotopic (exact) mass is 256 g/mol. The van der Waals surface area contributed by atoms with Crippen molar-refractivity contribution in [3.8, 4) is 0 Å². The third-order valence-corrected chi connectivity index (χ3v) is 2.64. The second kappa shape index (κ2) is 9.03. The molecule has 0 aromatic heterocycles. The Morgan fingerprint density at radius 1 is 1.00 bits per heavy atom. The fourth-order valence-corrected chi connectivity index (χ4v) is 1.64. The normalized spacial score (nSPS) is 11.2. The zero-order valence-electron chi connectivity index (χ0n) is 11.3. The maximum atomic E-state index is 11.8. The van der Waals surface area contributed by atoms with Crippen LogP contribution in [-0.4, -0.2) is 11.6 Å². The summed E-state index contributed by atoms with van der Waals surface area (Å²) in [6, 6.07) is 8.91. The maximum Gasteiger partial charge on any atom is 0.170 e. The second-order valence-corrected chi connectivity index (χ2v) is 4.29. The standard InChI is InChI=1S/C17H20O2/c1-2-3-4-5-6-10-13-16(18)14-17(19)15-11-8-7-9-12-15/h3-4,7-13H,2,5-6,14H2,1H3. The molecule has 0 atom stereocenters. The molecule has 0 aliphatic carbocycles. The lowest BCUT2D eigenvalue weighted by molar-refractivity contribution is -0.113. The average molecular weight is 256 g/mol. The molecule has 1 rings (SSSR count). The van der Waals surface area contributed by atoms with Crippen molar-refractivity contribution in [2.75, 3.05) is 0 Å². The Morgan fingerprint density at radius 2 is 1.68 bits per heavy atom. The van der Waals surface area contributed by atoms with E-state index in [4.69, 9.17) is 0 Å². The quantitative estimate of drug-likeness (QED) is 0.230. The van der Waals surface area contributed by atoms with Gasteiger partial charge in [-0.25, -0.2) is 0 Å². The van der Waals surface area contributed by atoms with E-state index in [0.29, 0.717) is 5.56 Å². The number of ketones is 2. The van der Waals surface area contributed by atoms with Crippen molar-refractivity contribution in [1.82, 2.24) is 0 Å². The predicted molar refractivity (Wildman–Crippen MR) is 78.2 cm³/mol. The summed E-state index contributed by atoms with van der Waals surface area (Å²) in [6.07, 6.45) is 10.3. The molecule has 0 heterocycles. The lowest BCUT2D eigenvalue weighted by Crippen LogP contribution is -2.05. The smallest absolute Gasteiger partial charge is 0.170 e. The van der Waals surface area contributed by atoms with E-state index in [9.17, 15) is 9.59 Å². The van der Waals surface area contributed by atoms with Gasteiger partial charge in [-0.2, -0.15) is 0 Å². The van der Waals surface area contributed by atoms with Crippen LogP contribution >= 0.6 is 0 Å². The Labute approximate surface area is 114 Å². The Morgan fingerprint density at radius 3 is 2.37 bits per heavy atom. The van der Waals surface area contributed by atoms with Crippen molar-refractivity contribution < 1.29 is 9.59 Å². The van der Waals surface area contributed by atoms with Crippen LogP contribution in [0, 0.1) is 0 Å². The lowest BCUT2D eigenvalue weighted by Gasteiger charge is -1.97. The van der Waals surface area contributed by atoms with Gasteiger partial charge in [-0.3, -0.25) is 9.59 Å². The molecule has 0 amide bonds. The molecular formula is C17H20O2. The molecule has 0 radical (unpaired) electrons. The number of unbranched alkanes of at least 4 members (excludes halogenated alkanes) is 1. The van der Waals surface area contributed by atoms with Gasteiger partial charge in [0.05, 0.1) is 6.42 Å². The fraction of sp³-hybridized carbons (Fsp3) is 0.294. The molecule has 0 N–H and O–H groups in total. The number of rotatable bonds is 8. The molecule has 0 aliphatic rings. The first-order valence-corrected chi connectivity index (χ1v) is 6.66. The summed E-state index contributed by atoms with van der Waals surface area (Å²) in [6.45, 7) is 2.09. The third kappa shape index (κ3) is 6.51. The lowest BCUT2D eigenvalue weighted by atomic mass is 10.1. The molecule has 19 heavy (non-hydrogen) atoms. The first kappa shape index (κ1) is 15.1. The second-order valence-electron chi connectivity index (χ2n) is 4.29. The van der Waals surface area contributed by atoms with Gasteiger partial charge < -0.3 is 0 Å². The summed E-state index contributed by atoms with van der Waals surface area (Å²) in [5, 5.41) is 0. The van der Waals surface area contributed by atoms with E-state index in [1.807, 2.05) is 12.1 Å². The van der Waals surface area contributed by atoms with Crippen LogP contribution in [0.5, 0.6) is 0 Å². The molecule has 2 nitrogen and oxygen atoms in total. The summed E-state index contributed by atoms with van der Waals surface area (Å²) in [7, 11) is 0. The Bertz CT molecular complexity index is 455. The van der Waals surface area contributed by atoms with E-state index in [1.165, 1.54) is 6.08 Å². The highest BCUT2D eigenvalue weighted by atomic mass is 16.1. The predicted octanol–water partition coefficient (Wildman–Crippen LogP) is 4.13. The Balaban J connectivity index is 2.33. The maximum absolute atomic E-state index is 11.8. The van der Waals surface area contributed by atoms with Crippen LogP contribution in [-0.2, 0) is 4.79 Å². The minimum absolute atomic E-state index is 0.0503. The summed E-state index contributed by atoms with van der Waals surface area (Å²) in [4.78, 5) is 23.4. The zero-order valence-corrected chi connectivity index (χ0v) is 11.3. The van der Waals surface area contributed by atoms with Gasteiger partial charge in [-0.1, -0.05) is 55.5 Å². The first-order valence-electron chi connectivity index (χ1n) is 6.66. The van der Waals surface area contributed by atoms with E-state index in [1.54, 1.807) is 24.3 Å². The van der Waals surface area contributed by atoms with E-state index in [2.05, 4.69) is 19.1 Å². The van der Waals surface area contributed by atoms with Gasteiger partial charge in [0.1, 0.15) is 0 Å². The molecule has 0 unspecified atom stereocenters. The average Bonchev–Trinajstić information content (AvgIpc) is 2.43. The number of hydrogen-bond donors (Lipinski definition) is 0. The van der Waals surface area contributed by atoms with E-state index >= 15 is 0 Å². The van der Waals surface area contributed by atoms with Gasteiger partial charge >= 0.3 is 0 Å². The van der Waals surface area contributed by atoms with Crippen molar-refractivity contribution in [3.63, 3.8) is 0 Å². The molecule has 0 saturated carbocycles. The Kier molecular flexibility index (Phi) is 7.18. The molecule has 0 aliphatic heterocycles. The fourth-order valence-electron chi connectivity index (χ4n) is 1.64. The van der Waals surface area contributed by atoms with E-state index in [-0.39, 0.29) is 18.0 Å². The summed E-state index contributed by atoms with van der Waals surface area (Å²) >= 11 is 0. The molecule has 0 bridgehead atoms. The highest BCUT2D eigenvalue weighted by molar-refractivity contribution is 6.11. The van der Waals surface area contributed by atoms with Crippen LogP contribution in [0.2, 0.25) is 0 Å². The van der Waals surface area contributed by atoms with Crippen molar-refractivity contribution >= 4 is 11.6 Å². The van der Waals surface area contributed by atoms with Crippen LogP contribution in [0.4, 0.5) is 0 Å². The molecule has 1 aromatic carbocycles. The SMILES string of the molecule is CCC=CCCC=CC(=O)CC(=O)c1ccccc1. The van der Waals surface area contributed by atoms with Gasteiger partial charge in [-0.15, -0.1) is 0 Å². The number of Topliss-reactive ketones (excluding diaryl/α,β-unsaturated/α-hetero) is 1. The molecule has 0 spiro atoms. The molecule has 1 aromatic rings. The number of carbonyl (C=O) groups excluding carboxylic acids is 2. The largest absolute Gasteiger partial charge is 0.294 e. The van der Waals surface area contributed by atoms with Gasteiger partial charge in [-0.05, 0) is 25.3 Å². The Hall–Kier alpha value is -1.96. The third-order valence-electron chi connectivity index (χ3n) is 2.64. The van der Waals surface area contributed by atoms with Gasteiger partial charge in [0.2, 0.25) is 0 Å². The molecule has 2 heteroatoms. The number of benzene rings is 1. The first-order chi connectivity index (χ1) is 9.24. The molecule has 0 saturated heterocycles. The van der Waals surface area contributed by atoms with Crippen molar-refractivity contribution in [2.24, 2.45) is 0 Å².